The minimum absolute atomic E-state index is 0.0401. The molecule has 5 aromatic rings. The number of piperazine rings is 1. The molecule has 0 bridgehead atoms. The zero-order valence-corrected chi connectivity index (χ0v) is 27.9. The normalized spacial score (nSPS) is 14.0. The van der Waals surface area contributed by atoms with Gasteiger partial charge in [0.15, 0.2) is 22.9 Å². The number of aromatic nitrogens is 2. The molecule has 266 valence electrons. The van der Waals surface area contributed by atoms with Gasteiger partial charge in [-0.1, -0.05) is 36.4 Å². The summed E-state index contributed by atoms with van der Waals surface area (Å²) in [6, 6.07) is 21.5. The number of nitro groups is 1. The average Bonchev–Trinajstić information content (AvgIpc) is 3.39. The molecule has 1 amide bonds. The molecule has 1 saturated heterocycles. The van der Waals surface area contributed by atoms with Crippen LogP contribution in [0.15, 0.2) is 96.0 Å². The van der Waals surface area contributed by atoms with Gasteiger partial charge in [-0.05, 0) is 42.0 Å². The number of amides is 1. The van der Waals surface area contributed by atoms with Gasteiger partial charge in [-0.3, -0.25) is 24.5 Å². The highest BCUT2D eigenvalue weighted by Gasteiger charge is 2.31. The Morgan fingerprint density at radius 2 is 1.65 bits per heavy atom. The summed E-state index contributed by atoms with van der Waals surface area (Å²) in [6.07, 6.45) is -3.21. The van der Waals surface area contributed by atoms with Crippen molar-refractivity contribution in [1.82, 2.24) is 19.4 Å². The molecule has 1 aliphatic rings. The number of ether oxygens (including phenoxy) is 2. The Balaban J connectivity index is 1.14. The van der Waals surface area contributed by atoms with Gasteiger partial charge in [0.1, 0.15) is 5.75 Å². The number of alkyl halides is 3. The van der Waals surface area contributed by atoms with E-state index in [-0.39, 0.29) is 29.0 Å². The van der Waals surface area contributed by atoms with Gasteiger partial charge in [-0.2, -0.15) is 13.2 Å². The summed E-state index contributed by atoms with van der Waals surface area (Å²) in [5.74, 6) is 0.220. The van der Waals surface area contributed by atoms with Crippen molar-refractivity contribution in [2.45, 2.75) is 17.6 Å². The maximum atomic E-state index is 14.0. The average molecular weight is 725 g/mol. The van der Waals surface area contributed by atoms with Crippen LogP contribution < -0.4 is 14.2 Å². The molecule has 17 heteroatoms. The number of anilines is 1. The molecule has 1 fully saturated rings. The standard InChI is InChI=1S/C34H31F3N6O7S/c1-40-27-7-3-2-6-26(27)32(50-30-15-12-24(20-38-30)39-51(47,48)29-9-5-4-8-28(29)43(45)46)31(40)33(44)42-18-16-41(17-19-42)21-23-10-13-25(14-11-23)49-22-34(35,36)37/h2-15,20,39H,16-19,21-22H2,1H3. The molecular formula is C34H31F3N6O7S. The second kappa shape index (κ2) is 14.3. The second-order valence-corrected chi connectivity index (χ2v) is 13.3. The van der Waals surface area contributed by atoms with Crippen molar-refractivity contribution in [1.29, 1.82) is 0 Å². The highest BCUT2D eigenvalue weighted by Crippen LogP contribution is 2.37. The smallest absolute Gasteiger partial charge is 0.422 e. The molecule has 0 aliphatic carbocycles. The lowest BCUT2D eigenvalue weighted by atomic mass is 10.2. The van der Waals surface area contributed by atoms with Crippen molar-refractivity contribution in [3.05, 3.63) is 112 Å². The molecule has 0 unspecified atom stereocenters. The van der Waals surface area contributed by atoms with Crippen LogP contribution in [0, 0.1) is 10.1 Å². The van der Waals surface area contributed by atoms with Gasteiger partial charge in [0.2, 0.25) is 5.88 Å². The fourth-order valence-corrected chi connectivity index (χ4v) is 6.94. The first kappa shape index (κ1) is 35.2. The molecule has 13 nitrogen and oxygen atoms in total. The van der Waals surface area contributed by atoms with E-state index in [1.54, 1.807) is 28.6 Å². The van der Waals surface area contributed by atoms with Crippen molar-refractivity contribution < 1.29 is 40.8 Å². The molecule has 0 saturated carbocycles. The van der Waals surface area contributed by atoms with E-state index >= 15 is 0 Å². The lowest BCUT2D eigenvalue weighted by Gasteiger charge is -2.35. The highest BCUT2D eigenvalue weighted by molar-refractivity contribution is 7.92. The van der Waals surface area contributed by atoms with Crippen LogP contribution in [0.4, 0.5) is 24.5 Å². The Morgan fingerprint density at radius 3 is 2.31 bits per heavy atom. The van der Waals surface area contributed by atoms with Gasteiger partial charge < -0.3 is 18.9 Å². The van der Waals surface area contributed by atoms with Crippen LogP contribution in [0.25, 0.3) is 10.9 Å². The van der Waals surface area contributed by atoms with Crippen molar-refractivity contribution in [2.24, 2.45) is 7.05 Å². The monoisotopic (exact) mass is 724 g/mol. The SMILES string of the molecule is Cn1c(C(=O)N2CCN(Cc3ccc(OCC(F)(F)F)cc3)CC2)c(Oc2ccc(NS(=O)(=O)c3ccccc3[N+](=O)[O-])cn2)c2ccccc21. The number of carbonyl (C=O) groups is 1. The Morgan fingerprint density at radius 1 is 0.961 bits per heavy atom. The van der Waals surface area contributed by atoms with Crippen molar-refractivity contribution in [3.8, 4) is 17.4 Å². The van der Waals surface area contributed by atoms with E-state index in [0.29, 0.717) is 43.8 Å². The van der Waals surface area contributed by atoms with Gasteiger partial charge in [0, 0.05) is 57.3 Å². The predicted molar refractivity (Wildman–Crippen MR) is 180 cm³/mol. The van der Waals surface area contributed by atoms with E-state index in [0.717, 1.165) is 23.2 Å². The molecule has 0 atom stereocenters. The number of nitro benzene ring substituents is 1. The van der Waals surface area contributed by atoms with E-state index < -0.39 is 38.3 Å². The molecule has 1 N–H and O–H groups in total. The maximum absolute atomic E-state index is 14.0. The summed E-state index contributed by atoms with van der Waals surface area (Å²) in [4.78, 5) is 32.2. The summed E-state index contributed by atoms with van der Waals surface area (Å²) < 4.78 is 78.2. The summed E-state index contributed by atoms with van der Waals surface area (Å²) in [6.45, 7) is 1.14. The highest BCUT2D eigenvalue weighted by atomic mass is 32.2. The topological polar surface area (TPSA) is 149 Å². The number of nitrogens with one attached hydrogen (secondary N) is 1. The molecule has 1 aliphatic heterocycles. The number of halogens is 3. The Kier molecular flexibility index (Phi) is 9.84. The third-order valence-corrected chi connectivity index (χ3v) is 9.63. The molecule has 3 aromatic carbocycles. The quantitative estimate of drug-likeness (QED) is 0.128. The van der Waals surface area contributed by atoms with Gasteiger partial charge in [-0.25, -0.2) is 13.4 Å². The van der Waals surface area contributed by atoms with Gasteiger partial charge in [-0.15, -0.1) is 0 Å². The molecular weight excluding hydrogens is 693 g/mol. The number of hydrogen-bond donors (Lipinski definition) is 1. The number of benzene rings is 3. The fourth-order valence-electron chi connectivity index (χ4n) is 5.73. The molecule has 0 radical (unpaired) electrons. The molecule has 0 spiro atoms. The third kappa shape index (κ3) is 8.05. The number of sulfonamides is 1. The number of pyridine rings is 1. The van der Waals surface area contributed by atoms with E-state index in [4.69, 9.17) is 9.47 Å². The van der Waals surface area contributed by atoms with Crippen LogP contribution in [0.5, 0.6) is 17.4 Å². The van der Waals surface area contributed by atoms with E-state index in [9.17, 15) is 36.5 Å². The number of aryl methyl sites for hydroxylation is 1. The summed E-state index contributed by atoms with van der Waals surface area (Å²) in [5, 5.41) is 12.0. The van der Waals surface area contributed by atoms with Crippen molar-refractivity contribution in [3.63, 3.8) is 0 Å². The predicted octanol–water partition coefficient (Wildman–Crippen LogP) is 5.97. The van der Waals surface area contributed by atoms with Crippen molar-refractivity contribution >= 4 is 38.2 Å². The van der Waals surface area contributed by atoms with Crippen molar-refractivity contribution in [2.75, 3.05) is 37.5 Å². The first-order valence-electron chi connectivity index (χ1n) is 15.6. The zero-order valence-electron chi connectivity index (χ0n) is 27.0. The minimum Gasteiger partial charge on any atom is -0.484 e. The number of para-hydroxylation sites is 2. The minimum atomic E-state index is -4.42. The van der Waals surface area contributed by atoms with Crippen LogP contribution in [0.1, 0.15) is 16.1 Å². The Labute approximate surface area is 290 Å². The van der Waals surface area contributed by atoms with Crippen LogP contribution in [0.3, 0.4) is 0 Å². The molecule has 6 rings (SSSR count). The summed E-state index contributed by atoms with van der Waals surface area (Å²) >= 11 is 0. The fraction of sp³-hybridized carbons (Fsp3) is 0.235. The first-order chi connectivity index (χ1) is 24.3. The van der Waals surface area contributed by atoms with Crippen LogP contribution in [-0.2, 0) is 23.6 Å². The van der Waals surface area contributed by atoms with E-state index in [2.05, 4.69) is 14.6 Å². The number of fused-ring (bicyclic) bond motifs is 1. The number of rotatable bonds is 11. The Hall–Kier alpha value is -5.68. The number of nitrogens with zero attached hydrogens (tertiary/aromatic N) is 5. The largest absolute Gasteiger partial charge is 0.484 e. The molecule has 3 heterocycles. The van der Waals surface area contributed by atoms with Gasteiger partial charge >= 0.3 is 6.18 Å². The molecule has 2 aromatic heterocycles. The van der Waals surface area contributed by atoms with Crippen LogP contribution in [-0.4, -0.2) is 77.6 Å². The molecule has 51 heavy (non-hydrogen) atoms. The third-order valence-electron chi connectivity index (χ3n) is 8.20. The lowest BCUT2D eigenvalue weighted by Crippen LogP contribution is -2.48. The maximum Gasteiger partial charge on any atom is 0.422 e. The number of hydrogen-bond acceptors (Lipinski definition) is 9. The van der Waals surface area contributed by atoms with Gasteiger partial charge in [0.05, 0.1) is 22.3 Å². The second-order valence-electron chi connectivity index (χ2n) is 11.7. The number of carbonyl (C=O) groups excluding carboxylic acids is 1. The van der Waals surface area contributed by atoms with Gasteiger partial charge in [0.25, 0.3) is 21.6 Å². The first-order valence-corrected chi connectivity index (χ1v) is 17.0. The lowest BCUT2D eigenvalue weighted by molar-refractivity contribution is -0.387. The Bertz CT molecular complexity index is 2170. The van der Waals surface area contributed by atoms with E-state index in [1.807, 2.05) is 24.3 Å². The van der Waals surface area contributed by atoms with E-state index in [1.165, 1.54) is 42.6 Å². The van der Waals surface area contributed by atoms with Crippen LogP contribution in [0.2, 0.25) is 0 Å². The van der Waals surface area contributed by atoms with Crippen LogP contribution >= 0.6 is 0 Å². The summed E-state index contributed by atoms with van der Waals surface area (Å²) in [7, 11) is -2.56. The zero-order chi connectivity index (χ0) is 36.3. The summed E-state index contributed by atoms with van der Waals surface area (Å²) in [5.41, 5.74) is 1.40.